The molecule has 0 aromatic heterocycles. The van der Waals surface area contributed by atoms with Crippen LogP contribution in [0.25, 0.3) is 0 Å². The number of carbonyl (C=O) groups excluding carboxylic acids is 2. The zero-order valence-electron chi connectivity index (χ0n) is 62.0. The third-order valence-electron chi connectivity index (χ3n) is 16.3. The first kappa shape index (κ1) is 92.1. The van der Waals surface area contributed by atoms with E-state index in [-0.39, 0.29) is 38.6 Å². The van der Waals surface area contributed by atoms with E-state index in [4.69, 9.17) is 24.3 Å². The first-order valence-electron chi connectivity index (χ1n) is 39.3. The van der Waals surface area contributed by atoms with E-state index < -0.39 is 26.5 Å². The van der Waals surface area contributed by atoms with Crippen LogP contribution in [0.2, 0.25) is 0 Å². The van der Waals surface area contributed by atoms with Crippen molar-refractivity contribution in [2.45, 2.75) is 328 Å². The number of nitrogens with two attached hydrogens (primary N) is 1. The van der Waals surface area contributed by atoms with E-state index in [1.54, 1.807) is 0 Å². The van der Waals surface area contributed by atoms with Gasteiger partial charge in [0.2, 0.25) is 0 Å². The van der Waals surface area contributed by atoms with Crippen molar-refractivity contribution in [2.24, 2.45) is 5.73 Å². The van der Waals surface area contributed by atoms with Gasteiger partial charge < -0.3 is 20.1 Å². The number of allylic oxidation sites excluding steroid dienone is 30. The maximum absolute atomic E-state index is 12.8. The van der Waals surface area contributed by atoms with Crippen LogP contribution in [-0.4, -0.2) is 49.3 Å². The molecule has 0 aliphatic heterocycles. The lowest BCUT2D eigenvalue weighted by molar-refractivity contribution is -0.161. The van der Waals surface area contributed by atoms with Gasteiger partial charge in [0, 0.05) is 19.4 Å². The number of phosphoric acid groups is 1. The fourth-order valence-corrected chi connectivity index (χ4v) is 11.3. The molecule has 0 heterocycles. The van der Waals surface area contributed by atoms with E-state index in [9.17, 15) is 19.0 Å². The zero-order chi connectivity index (χ0) is 70.0. The number of ether oxygens (including phenoxy) is 2. The molecule has 3 N–H and O–H groups in total. The van der Waals surface area contributed by atoms with E-state index in [1.807, 2.05) is 0 Å². The van der Waals surface area contributed by atoms with Crippen molar-refractivity contribution in [1.29, 1.82) is 0 Å². The highest BCUT2D eigenvalue weighted by Gasteiger charge is 2.26. The van der Waals surface area contributed by atoms with E-state index in [2.05, 4.69) is 196 Å². The maximum atomic E-state index is 12.8. The fraction of sp³-hybridized carbons (Fsp3) is 0.632. The molecule has 2 unspecified atom stereocenters. The molecule has 0 spiro atoms. The Morgan fingerprint density at radius 1 is 0.309 bits per heavy atom. The summed E-state index contributed by atoms with van der Waals surface area (Å²) in [6, 6.07) is 0. The van der Waals surface area contributed by atoms with Crippen LogP contribution in [0.1, 0.15) is 322 Å². The average Bonchev–Trinajstić information content (AvgIpc) is 2.57. The molecule has 550 valence electrons. The number of phosphoric ester groups is 1. The number of hydrogen-bond acceptors (Lipinski definition) is 8. The standard InChI is InChI=1S/C87H144NO8P/c1-3-5-7-9-11-13-15-17-19-21-23-25-27-29-31-33-35-37-39-40-41-42-43-44-46-48-50-52-54-56-58-60-62-64-66-68-70-72-74-76-78-80-87(90)96-85(84-95-97(91,92)94-82-81-88)83-93-86(89)79-77-75-73-71-69-67-65-63-61-59-57-55-53-51-49-47-45-38-36-34-32-30-28-26-24-22-20-18-16-14-12-10-8-6-4-2/h5-8,11-14,17-20,23-26,29-32,35,37,40-41,43-44,48,50,54,56,85H,3-4,9-10,15-16,21-22,27-28,33-34,36,38-39,42,45-47,49,51-53,55,57-84,88H2,1-2H3,(H,91,92)/b7-5-,8-6-,13-11-,14-12-,19-17-,20-18-,25-23-,26-24-,31-29-,32-30-,37-35-,41-40-,44-43-,50-48-,56-54-. The minimum absolute atomic E-state index is 0.0462. The summed E-state index contributed by atoms with van der Waals surface area (Å²) in [5, 5.41) is 0. The van der Waals surface area contributed by atoms with Crippen molar-refractivity contribution >= 4 is 19.8 Å². The molecule has 10 heteroatoms. The number of rotatable bonds is 72. The molecule has 0 aliphatic carbocycles. The molecule has 0 rings (SSSR count). The molecule has 9 nitrogen and oxygen atoms in total. The van der Waals surface area contributed by atoms with Gasteiger partial charge in [-0.2, -0.15) is 0 Å². The van der Waals surface area contributed by atoms with E-state index >= 15 is 0 Å². The van der Waals surface area contributed by atoms with Crippen molar-refractivity contribution in [3.8, 4) is 0 Å². The average molecular weight is 1360 g/mol. The normalized spacial score (nSPS) is 13.9. The predicted molar refractivity (Wildman–Crippen MR) is 422 cm³/mol. The lowest BCUT2D eigenvalue weighted by Gasteiger charge is -2.19. The first-order valence-corrected chi connectivity index (χ1v) is 40.8. The van der Waals surface area contributed by atoms with Gasteiger partial charge in [-0.3, -0.25) is 18.6 Å². The van der Waals surface area contributed by atoms with Crippen LogP contribution >= 0.6 is 7.82 Å². The van der Waals surface area contributed by atoms with Gasteiger partial charge >= 0.3 is 19.8 Å². The van der Waals surface area contributed by atoms with Gasteiger partial charge in [0.15, 0.2) is 6.10 Å². The summed E-state index contributed by atoms with van der Waals surface area (Å²) in [5.41, 5.74) is 5.41. The number of unbranched alkanes of at least 4 members (excludes halogenated alkanes) is 29. The lowest BCUT2D eigenvalue weighted by atomic mass is 10.0. The Kier molecular flexibility index (Phi) is 76.1. The minimum atomic E-state index is -4.41. The number of hydrogen-bond donors (Lipinski definition) is 2. The van der Waals surface area contributed by atoms with Crippen molar-refractivity contribution < 1.29 is 37.6 Å². The van der Waals surface area contributed by atoms with Crippen molar-refractivity contribution in [1.82, 2.24) is 0 Å². The van der Waals surface area contributed by atoms with Crippen LogP contribution in [0, 0.1) is 0 Å². The van der Waals surface area contributed by atoms with Gasteiger partial charge in [-0.15, -0.1) is 0 Å². The van der Waals surface area contributed by atoms with Gasteiger partial charge in [-0.25, -0.2) is 4.57 Å². The molecule has 0 saturated carbocycles. The van der Waals surface area contributed by atoms with Gasteiger partial charge in [0.25, 0.3) is 0 Å². The maximum Gasteiger partial charge on any atom is 0.472 e. The van der Waals surface area contributed by atoms with E-state index in [0.717, 1.165) is 141 Å². The first-order chi connectivity index (χ1) is 47.8. The highest BCUT2D eigenvalue weighted by atomic mass is 31.2. The molecule has 0 bridgehead atoms. The van der Waals surface area contributed by atoms with E-state index in [1.165, 1.54) is 148 Å². The molecule has 0 aromatic carbocycles. The van der Waals surface area contributed by atoms with E-state index in [0.29, 0.717) is 6.42 Å². The molecule has 0 aromatic rings. The molecule has 2 atom stereocenters. The Morgan fingerprint density at radius 3 is 0.794 bits per heavy atom. The predicted octanol–water partition coefficient (Wildman–Crippen LogP) is 26.6. The van der Waals surface area contributed by atoms with Crippen LogP contribution in [0.15, 0.2) is 182 Å². The van der Waals surface area contributed by atoms with Gasteiger partial charge in [0.1, 0.15) is 6.61 Å². The molecular formula is C87H144NO8P. The summed E-state index contributed by atoms with van der Waals surface area (Å²) in [6.07, 6.45) is 120. The highest BCUT2D eigenvalue weighted by molar-refractivity contribution is 7.47. The third kappa shape index (κ3) is 80.0. The second-order valence-electron chi connectivity index (χ2n) is 25.5. The Hall–Kier alpha value is -4.89. The fourth-order valence-electron chi connectivity index (χ4n) is 10.6. The van der Waals surface area contributed by atoms with Crippen molar-refractivity contribution in [3.63, 3.8) is 0 Å². The zero-order valence-corrected chi connectivity index (χ0v) is 62.9. The van der Waals surface area contributed by atoms with Crippen molar-refractivity contribution in [2.75, 3.05) is 26.4 Å². The molecule has 97 heavy (non-hydrogen) atoms. The summed E-state index contributed by atoms with van der Waals surface area (Å²) < 4.78 is 33.3. The summed E-state index contributed by atoms with van der Waals surface area (Å²) >= 11 is 0. The lowest BCUT2D eigenvalue weighted by Crippen LogP contribution is -2.29. The number of carbonyl (C=O) groups is 2. The Morgan fingerprint density at radius 2 is 0.536 bits per heavy atom. The van der Waals surface area contributed by atoms with Gasteiger partial charge in [0.05, 0.1) is 13.2 Å². The third-order valence-corrected chi connectivity index (χ3v) is 17.3. The monoisotopic (exact) mass is 1360 g/mol. The highest BCUT2D eigenvalue weighted by Crippen LogP contribution is 2.43. The molecule has 0 aliphatic rings. The topological polar surface area (TPSA) is 134 Å². The Labute approximate surface area is 596 Å². The summed E-state index contributed by atoms with van der Waals surface area (Å²) in [6.45, 7) is 3.53. The smallest absolute Gasteiger partial charge is 0.462 e. The van der Waals surface area contributed by atoms with Crippen LogP contribution in [0.5, 0.6) is 0 Å². The largest absolute Gasteiger partial charge is 0.472 e. The Bertz CT molecular complexity index is 2250. The van der Waals surface area contributed by atoms with Crippen molar-refractivity contribution in [3.05, 3.63) is 182 Å². The van der Waals surface area contributed by atoms with Gasteiger partial charge in [-0.1, -0.05) is 357 Å². The molecule has 0 saturated heterocycles. The van der Waals surface area contributed by atoms with Crippen LogP contribution in [0.4, 0.5) is 0 Å². The van der Waals surface area contributed by atoms with Gasteiger partial charge in [-0.05, 0) is 135 Å². The second kappa shape index (κ2) is 80.1. The van der Waals surface area contributed by atoms with Crippen LogP contribution < -0.4 is 5.73 Å². The molecular weight excluding hydrogens is 1220 g/mol. The number of esters is 2. The van der Waals surface area contributed by atoms with Crippen LogP contribution in [0.3, 0.4) is 0 Å². The minimum Gasteiger partial charge on any atom is -0.462 e. The molecule has 0 amide bonds. The Balaban J connectivity index is 3.89. The van der Waals surface area contributed by atoms with Crippen LogP contribution in [-0.2, 0) is 32.7 Å². The summed E-state index contributed by atoms with van der Waals surface area (Å²) in [7, 11) is -4.41. The SMILES string of the molecule is CC/C=C\C/C=C\C/C=C\C/C=C\C/C=C\C/C=C\C/C=C\C/C=C\C/C=C\C/C=C\CCCCCCCCCCCCC(=O)OC(COC(=O)CCCCCCCCCCCCCCCCCCCCC/C=C\C/C=C\C/C=C\C/C=C\C/C=C\CC)COP(=O)(O)OCCN. The quantitative estimate of drug-likeness (QED) is 0.0264. The summed E-state index contributed by atoms with van der Waals surface area (Å²) in [4.78, 5) is 35.5. The molecule has 0 fully saturated rings. The second-order valence-corrected chi connectivity index (χ2v) is 26.9. The molecule has 0 radical (unpaired) electrons. The summed E-state index contributed by atoms with van der Waals surface area (Å²) in [5.74, 6) is -0.832.